The molecule has 0 saturated heterocycles. The van der Waals surface area contributed by atoms with Crippen LogP contribution in [0.3, 0.4) is 0 Å². The van der Waals surface area contributed by atoms with Gasteiger partial charge in [-0.15, -0.1) is 0 Å². The smallest absolute Gasteiger partial charge is 0.141 e. The van der Waals surface area contributed by atoms with Gasteiger partial charge in [-0.3, -0.25) is 0 Å². The van der Waals surface area contributed by atoms with Crippen molar-refractivity contribution in [2.24, 2.45) is 5.92 Å². The van der Waals surface area contributed by atoms with Gasteiger partial charge in [-0.1, -0.05) is 20.8 Å². The molecular formula is C15H23BrFNO. The van der Waals surface area contributed by atoms with Crippen LogP contribution in [0.25, 0.3) is 0 Å². The highest BCUT2D eigenvalue weighted by Gasteiger charge is 2.19. The van der Waals surface area contributed by atoms with E-state index in [0.29, 0.717) is 16.1 Å². The molecule has 0 heterocycles. The first kappa shape index (κ1) is 16.4. The third-order valence-electron chi connectivity index (χ3n) is 3.00. The number of nitrogens with one attached hydrogen (secondary N) is 1. The lowest BCUT2D eigenvalue weighted by atomic mass is 9.96. The Morgan fingerprint density at radius 2 is 2.05 bits per heavy atom. The van der Waals surface area contributed by atoms with E-state index in [1.54, 1.807) is 7.11 Å². The van der Waals surface area contributed by atoms with E-state index < -0.39 is 0 Å². The van der Waals surface area contributed by atoms with Crippen LogP contribution in [0, 0.1) is 11.7 Å². The normalized spacial score (nSPS) is 12.8. The van der Waals surface area contributed by atoms with Crippen LogP contribution in [0.1, 0.15) is 45.2 Å². The van der Waals surface area contributed by atoms with Crippen molar-refractivity contribution in [3.05, 3.63) is 28.0 Å². The fraction of sp³-hybridized carbons (Fsp3) is 0.600. The molecule has 0 fully saturated rings. The molecule has 0 radical (unpaired) electrons. The molecule has 0 spiro atoms. The highest BCUT2D eigenvalue weighted by atomic mass is 79.9. The maximum atomic E-state index is 13.6. The highest BCUT2D eigenvalue weighted by molar-refractivity contribution is 9.10. The van der Waals surface area contributed by atoms with Crippen LogP contribution in [0.5, 0.6) is 5.75 Å². The SMILES string of the molecule is CCCNC(CC(C)C)c1cc(Br)c(F)cc1OC. The number of benzene rings is 1. The molecule has 0 bridgehead atoms. The van der Waals surface area contributed by atoms with Crippen molar-refractivity contribution in [2.75, 3.05) is 13.7 Å². The van der Waals surface area contributed by atoms with Gasteiger partial charge < -0.3 is 10.1 Å². The molecule has 0 amide bonds. The summed E-state index contributed by atoms with van der Waals surface area (Å²) in [4.78, 5) is 0. The molecule has 0 aliphatic rings. The van der Waals surface area contributed by atoms with Gasteiger partial charge in [-0.05, 0) is 47.3 Å². The van der Waals surface area contributed by atoms with E-state index in [2.05, 4.69) is 42.0 Å². The molecule has 0 aromatic heterocycles. The Balaban J connectivity index is 3.08. The summed E-state index contributed by atoms with van der Waals surface area (Å²) >= 11 is 3.25. The molecule has 1 aromatic carbocycles. The van der Waals surface area contributed by atoms with Gasteiger partial charge in [0.05, 0.1) is 11.6 Å². The van der Waals surface area contributed by atoms with Gasteiger partial charge in [0, 0.05) is 17.7 Å². The Hall–Kier alpha value is -0.610. The number of hydrogen-bond donors (Lipinski definition) is 1. The first-order chi connectivity index (χ1) is 8.99. The molecule has 108 valence electrons. The first-order valence-electron chi connectivity index (χ1n) is 6.75. The van der Waals surface area contributed by atoms with Crippen LogP contribution in [0.4, 0.5) is 4.39 Å². The fourth-order valence-corrected chi connectivity index (χ4v) is 2.46. The van der Waals surface area contributed by atoms with Gasteiger partial charge >= 0.3 is 0 Å². The largest absolute Gasteiger partial charge is 0.496 e. The standard InChI is InChI=1S/C15H23BrFNO/c1-5-6-18-14(7-10(2)3)11-8-12(16)13(17)9-15(11)19-4/h8-10,14,18H,5-7H2,1-4H3. The summed E-state index contributed by atoms with van der Waals surface area (Å²) in [5, 5.41) is 3.52. The molecule has 1 rings (SSSR count). The topological polar surface area (TPSA) is 21.3 Å². The summed E-state index contributed by atoms with van der Waals surface area (Å²) in [6.45, 7) is 7.45. The molecule has 4 heteroatoms. The van der Waals surface area contributed by atoms with Crippen molar-refractivity contribution in [1.29, 1.82) is 0 Å². The zero-order chi connectivity index (χ0) is 14.4. The maximum absolute atomic E-state index is 13.6. The number of ether oxygens (including phenoxy) is 1. The molecule has 1 unspecified atom stereocenters. The molecular weight excluding hydrogens is 309 g/mol. The predicted octanol–water partition coefficient (Wildman–Crippen LogP) is 4.68. The molecule has 0 aliphatic heterocycles. The van der Waals surface area contributed by atoms with Gasteiger partial charge in [0.25, 0.3) is 0 Å². The average Bonchev–Trinajstić information content (AvgIpc) is 2.36. The second-order valence-corrected chi connectivity index (χ2v) is 6.00. The molecule has 2 nitrogen and oxygen atoms in total. The molecule has 1 aromatic rings. The number of halogens is 2. The summed E-state index contributed by atoms with van der Waals surface area (Å²) < 4.78 is 19.4. The van der Waals surface area contributed by atoms with E-state index in [4.69, 9.17) is 4.74 Å². The summed E-state index contributed by atoms with van der Waals surface area (Å²) in [6, 6.07) is 3.45. The van der Waals surface area contributed by atoms with Crippen LogP contribution in [0.2, 0.25) is 0 Å². The average molecular weight is 332 g/mol. The van der Waals surface area contributed by atoms with Crippen LogP contribution < -0.4 is 10.1 Å². The highest BCUT2D eigenvalue weighted by Crippen LogP contribution is 2.33. The molecule has 1 N–H and O–H groups in total. The van der Waals surface area contributed by atoms with Crippen LogP contribution >= 0.6 is 15.9 Å². The Morgan fingerprint density at radius 1 is 1.37 bits per heavy atom. The minimum absolute atomic E-state index is 0.187. The van der Waals surface area contributed by atoms with Gasteiger partial charge in [-0.25, -0.2) is 4.39 Å². The summed E-state index contributed by atoms with van der Waals surface area (Å²) in [5.74, 6) is 0.872. The lowest BCUT2D eigenvalue weighted by molar-refractivity contribution is 0.378. The van der Waals surface area contributed by atoms with Crippen LogP contribution in [-0.2, 0) is 0 Å². The zero-order valence-corrected chi connectivity index (χ0v) is 13.7. The third kappa shape index (κ3) is 4.77. The molecule has 0 saturated carbocycles. The van der Waals surface area contributed by atoms with Gasteiger partial charge in [0.1, 0.15) is 11.6 Å². The van der Waals surface area contributed by atoms with Crippen molar-refractivity contribution in [2.45, 2.75) is 39.7 Å². The minimum Gasteiger partial charge on any atom is -0.496 e. The summed E-state index contributed by atoms with van der Waals surface area (Å²) in [6.07, 6.45) is 2.06. The Labute approximate surface area is 123 Å². The van der Waals surface area contributed by atoms with Crippen molar-refractivity contribution in [3.8, 4) is 5.75 Å². The summed E-state index contributed by atoms with van der Waals surface area (Å²) in [5.41, 5.74) is 1.01. The number of hydrogen-bond acceptors (Lipinski definition) is 2. The Kier molecular flexibility index (Phi) is 6.80. The monoisotopic (exact) mass is 331 g/mol. The number of methoxy groups -OCH3 is 1. The molecule has 19 heavy (non-hydrogen) atoms. The van der Waals surface area contributed by atoms with Crippen molar-refractivity contribution < 1.29 is 9.13 Å². The Bertz CT molecular complexity index is 409. The van der Waals surface area contributed by atoms with Crippen molar-refractivity contribution in [1.82, 2.24) is 5.32 Å². The lowest BCUT2D eigenvalue weighted by Gasteiger charge is -2.23. The maximum Gasteiger partial charge on any atom is 0.141 e. The van der Waals surface area contributed by atoms with Crippen LogP contribution in [-0.4, -0.2) is 13.7 Å². The van der Waals surface area contributed by atoms with Crippen molar-refractivity contribution >= 4 is 15.9 Å². The second-order valence-electron chi connectivity index (χ2n) is 5.14. The van der Waals surface area contributed by atoms with E-state index >= 15 is 0 Å². The van der Waals surface area contributed by atoms with E-state index in [1.165, 1.54) is 6.07 Å². The fourth-order valence-electron chi connectivity index (χ4n) is 2.10. The van der Waals surface area contributed by atoms with Crippen LogP contribution in [0.15, 0.2) is 16.6 Å². The lowest BCUT2D eigenvalue weighted by Crippen LogP contribution is -2.24. The van der Waals surface area contributed by atoms with E-state index in [9.17, 15) is 4.39 Å². The van der Waals surface area contributed by atoms with Gasteiger partial charge in [-0.2, -0.15) is 0 Å². The summed E-state index contributed by atoms with van der Waals surface area (Å²) in [7, 11) is 1.58. The zero-order valence-electron chi connectivity index (χ0n) is 12.1. The second kappa shape index (κ2) is 7.85. The Morgan fingerprint density at radius 3 is 2.58 bits per heavy atom. The first-order valence-corrected chi connectivity index (χ1v) is 7.55. The minimum atomic E-state index is -0.292. The van der Waals surface area contributed by atoms with Gasteiger partial charge in [0.15, 0.2) is 0 Å². The quantitative estimate of drug-likeness (QED) is 0.782. The predicted molar refractivity (Wildman–Crippen MR) is 81.1 cm³/mol. The van der Waals surface area contributed by atoms with E-state index in [-0.39, 0.29) is 11.9 Å². The molecule has 0 aliphatic carbocycles. The van der Waals surface area contributed by atoms with E-state index in [0.717, 1.165) is 24.9 Å². The van der Waals surface area contributed by atoms with Crippen molar-refractivity contribution in [3.63, 3.8) is 0 Å². The number of rotatable bonds is 7. The molecule has 1 atom stereocenters. The third-order valence-corrected chi connectivity index (χ3v) is 3.60. The van der Waals surface area contributed by atoms with E-state index in [1.807, 2.05) is 6.07 Å². The van der Waals surface area contributed by atoms with Gasteiger partial charge in [0.2, 0.25) is 0 Å².